The van der Waals surface area contributed by atoms with Crippen molar-refractivity contribution in [1.82, 2.24) is 5.32 Å². The Balaban J connectivity index is 2.42. The molecule has 3 heteroatoms. The van der Waals surface area contributed by atoms with Crippen molar-refractivity contribution < 1.29 is 8.78 Å². The number of hydrogen-bond acceptors (Lipinski definition) is 1. The maximum absolute atomic E-state index is 14.5. The third-order valence-corrected chi connectivity index (χ3v) is 5.10. The minimum Gasteiger partial charge on any atom is -0.309 e. The van der Waals surface area contributed by atoms with Gasteiger partial charge in [-0.05, 0) is 62.3 Å². The SMILES string of the molecule is CCCNC(c1cc(F)c(C)cc1F)C1(CC)CCCC1. The van der Waals surface area contributed by atoms with Crippen LogP contribution >= 0.6 is 0 Å². The van der Waals surface area contributed by atoms with Gasteiger partial charge in [0.2, 0.25) is 0 Å². The van der Waals surface area contributed by atoms with Crippen LogP contribution in [-0.4, -0.2) is 6.54 Å². The molecule has 0 radical (unpaired) electrons. The summed E-state index contributed by atoms with van der Waals surface area (Å²) >= 11 is 0. The van der Waals surface area contributed by atoms with Crippen LogP contribution < -0.4 is 5.32 Å². The van der Waals surface area contributed by atoms with Crippen molar-refractivity contribution in [2.45, 2.75) is 65.3 Å². The zero-order valence-electron chi connectivity index (χ0n) is 13.4. The Morgan fingerprint density at radius 3 is 2.38 bits per heavy atom. The summed E-state index contributed by atoms with van der Waals surface area (Å²) in [6.45, 7) is 6.72. The molecule has 0 bridgehead atoms. The van der Waals surface area contributed by atoms with Crippen LogP contribution in [0.5, 0.6) is 0 Å². The smallest absolute Gasteiger partial charge is 0.128 e. The van der Waals surface area contributed by atoms with Crippen LogP contribution in [0.15, 0.2) is 12.1 Å². The molecule has 1 aliphatic carbocycles. The van der Waals surface area contributed by atoms with Crippen molar-refractivity contribution in [3.05, 3.63) is 34.9 Å². The lowest BCUT2D eigenvalue weighted by atomic mass is 9.73. The second-order valence-electron chi connectivity index (χ2n) is 6.43. The minimum atomic E-state index is -0.307. The number of halogens is 2. The lowest BCUT2D eigenvalue weighted by Crippen LogP contribution is -2.37. The van der Waals surface area contributed by atoms with Gasteiger partial charge >= 0.3 is 0 Å². The molecule has 1 fully saturated rings. The molecule has 1 N–H and O–H groups in total. The Morgan fingerprint density at radius 2 is 1.81 bits per heavy atom. The van der Waals surface area contributed by atoms with Crippen LogP contribution in [0.3, 0.4) is 0 Å². The van der Waals surface area contributed by atoms with E-state index in [0.29, 0.717) is 11.1 Å². The van der Waals surface area contributed by atoms with Gasteiger partial charge in [0.1, 0.15) is 11.6 Å². The molecule has 118 valence electrons. The summed E-state index contributed by atoms with van der Waals surface area (Å²) in [6.07, 6.45) is 6.57. The molecule has 0 spiro atoms. The average molecular weight is 295 g/mol. The molecule has 1 aromatic rings. The lowest BCUT2D eigenvalue weighted by molar-refractivity contribution is 0.183. The zero-order valence-corrected chi connectivity index (χ0v) is 13.4. The first-order valence-electron chi connectivity index (χ1n) is 8.23. The Labute approximate surface area is 127 Å². The Hall–Kier alpha value is -0.960. The topological polar surface area (TPSA) is 12.0 Å². The van der Waals surface area contributed by atoms with E-state index in [1.54, 1.807) is 6.92 Å². The van der Waals surface area contributed by atoms with E-state index in [2.05, 4.69) is 19.2 Å². The van der Waals surface area contributed by atoms with E-state index in [0.717, 1.165) is 32.2 Å². The number of hydrogen-bond donors (Lipinski definition) is 1. The maximum atomic E-state index is 14.5. The van der Waals surface area contributed by atoms with Crippen LogP contribution in [0, 0.1) is 24.0 Å². The number of rotatable bonds is 6. The molecule has 1 aromatic carbocycles. The number of benzene rings is 1. The van der Waals surface area contributed by atoms with Crippen LogP contribution in [-0.2, 0) is 0 Å². The summed E-state index contributed by atoms with van der Waals surface area (Å²) in [7, 11) is 0. The summed E-state index contributed by atoms with van der Waals surface area (Å²) in [4.78, 5) is 0. The molecule has 1 aliphatic rings. The van der Waals surface area contributed by atoms with E-state index in [4.69, 9.17) is 0 Å². The highest BCUT2D eigenvalue weighted by atomic mass is 19.1. The van der Waals surface area contributed by atoms with E-state index < -0.39 is 0 Å². The van der Waals surface area contributed by atoms with Crippen molar-refractivity contribution in [3.8, 4) is 0 Å². The minimum absolute atomic E-state index is 0.0672. The van der Waals surface area contributed by atoms with Gasteiger partial charge in [-0.15, -0.1) is 0 Å². The first-order chi connectivity index (χ1) is 10.0. The van der Waals surface area contributed by atoms with Crippen molar-refractivity contribution in [3.63, 3.8) is 0 Å². The molecule has 1 saturated carbocycles. The molecule has 0 amide bonds. The van der Waals surface area contributed by atoms with Crippen molar-refractivity contribution in [2.24, 2.45) is 5.41 Å². The van der Waals surface area contributed by atoms with Crippen LogP contribution in [0.2, 0.25) is 0 Å². The summed E-state index contributed by atoms with van der Waals surface area (Å²) in [6, 6.07) is 2.66. The van der Waals surface area contributed by atoms with Crippen LogP contribution in [0.4, 0.5) is 8.78 Å². The van der Waals surface area contributed by atoms with Crippen molar-refractivity contribution in [2.75, 3.05) is 6.54 Å². The molecule has 1 atom stereocenters. The van der Waals surface area contributed by atoms with E-state index >= 15 is 0 Å². The van der Waals surface area contributed by atoms with E-state index in [1.165, 1.54) is 25.0 Å². The van der Waals surface area contributed by atoms with Crippen LogP contribution in [0.1, 0.15) is 69.5 Å². The fourth-order valence-corrected chi connectivity index (χ4v) is 3.75. The highest BCUT2D eigenvalue weighted by molar-refractivity contribution is 5.29. The largest absolute Gasteiger partial charge is 0.309 e. The predicted octanol–water partition coefficient (Wildman–Crippen LogP) is 5.28. The second kappa shape index (κ2) is 6.87. The van der Waals surface area contributed by atoms with Gasteiger partial charge in [-0.25, -0.2) is 8.78 Å². The normalized spacial score (nSPS) is 18.9. The summed E-state index contributed by atoms with van der Waals surface area (Å²) < 4.78 is 28.4. The van der Waals surface area contributed by atoms with Gasteiger partial charge in [0.05, 0.1) is 0 Å². The summed E-state index contributed by atoms with van der Waals surface area (Å²) in [5, 5.41) is 3.50. The third-order valence-electron chi connectivity index (χ3n) is 5.10. The van der Waals surface area contributed by atoms with Gasteiger partial charge in [0.15, 0.2) is 0 Å². The molecular weight excluding hydrogens is 268 g/mol. The predicted molar refractivity (Wildman–Crippen MR) is 83.3 cm³/mol. The van der Waals surface area contributed by atoms with E-state index in [1.807, 2.05) is 0 Å². The van der Waals surface area contributed by atoms with E-state index in [-0.39, 0.29) is 23.1 Å². The molecular formula is C18H27F2N. The van der Waals surface area contributed by atoms with Gasteiger partial charge in [0, 0.05) is 11.6 Å². The standard InChI is InChI=1S/C18H27F2N/c1-4-10-21-17(18(5-2)8-6-7-9-18)14-12-15(19)13(3)11-16(14)20/h11-12,17,21H,4-10H2,1-3H3. The highest BCUT2D eigenvalue weighted by Gasteiger charge is 2.41. The number of nitrogens with one attached hydrogen (secondary N) is 1. The Morgan fingerprint density at radius 1 is 1.14 bits per heavy atom. The van der Waals surface area contributed by atoms with Gasteiger partial charge in [-0.3, -0.25) is 0 Å². The summed E-state index contributed by atoms with van der Waals surface area (Å²) in [5.74, 6) is -0.582. The number of aryl methyl sites for hydroxylation is 1. The molecule has 1 nitrogen and oxygen atoms in total. The molecule has 0 aliphatic heterocycles. The van der Waals surface area contributed by atoms with Gasteiger partial charge in [-0.2, -0.15) is 0 Å². The molecule has 0 heterocycles. The van der Waals surface area contributed by atoms with Gasteiger partial charge < -0.3 is 5.32 Å². The van der Waals surface area contributed by atoms with E-state index in [9.17, 15) is 8.78 Å². The molecule has 0 saturated heterocycles. The first kappa shape index (κ1) is 16.4. The van der Waals surface area contributed by atoms with Crippen molar-refractivity contribution >= 4 is 0 Å². The molecule has 21 heavy (non-hydrogen) atoms. The molecule has 1 unspecified atom stereocenters. The average Bonchev–Trinajstić information content (AvgIpc) is 2.94. The van der Waals surface area contributed by atoms with Gasteiger partial charge in [-0.1, -0.05) is 26.7 Å². The third kappa shape index (κ3) is 3.28. The fraction of sp³-hybridized carbons (Fsp3) is 0.667. The maximum Gasteiger partial charge on any atom is 0.128 e. The Bertz CT molecular complexity index is 478. The van der Waals surface area contributed by atoms with Crippen LogP contribution in [0.25, 0.3) is 0 Å². The Kier molecular flexibility index (Phi) is 5.37. The fourth-order valence-electron chi connectivity index (χ4n) is 3.75. The zero-order chi connectivity index (χ0) is 15.5. The highest BCUT2D eigenvalue weighted by Crippen LogP contribution is 2.50. The first-order valence-corrected chi connectivity index (χ1v) is 8.23. The molecule has 2 rings (SSSR count). The van der Waals surface area contributed by atoms with Gasteiger partial charge in [0.25, 0.3) is 0 Å². The monoisotopic (exact) mass is 295 g/mol. The summed E-state index contributed by atoms with van der Waals surface area (Å²) in [5.41, 5.74) is 0.954. The lowest BCUT2D eigenvalue weighted by Gasteiger charge is -2.38. The quantitative estimate of drug-likeness (QED) is 0.752. The van der Waals surface area contributed by atoms with Crippen molar-refractivity contribution in [1.29, 1.82) is 0 Å². The molecule has 0 aromatic heterocycles. The second-order valence-corrected chi connectivity index (χ2v) is 6.43.